The molecule has 2 N–H and O–H groups in total. The second-order valence-corrected chi connectivity index (χ2v) is 3.68. The number of nitrogens with two attached hydrogens (primary N) is 1. The minimum atomic E-state index is -0.273. The molecule has 0 aliphatic rings. The maximum Gasteiger partial charge on any atom is 0.137 e. The summed E-state index contributed by atoms with van der Waals surface area (Å²) in [7, 11) is 0. The zero-order valence-electron chi connectivity index (χ0n) is 6.30. The van der Waals surface area contributed by atoms with Gasteiger partial charge in [-0.25, -0.2) is 4.39 Å². The number of hydrogen-bond donors (Lipinski definition) is 2. The molecule has 66 valence electrons. The highest BCUT2D eigenvalue weighted by atomic mass is 79.9. The molecule has 0 radical (unpaired) electrons. The Balaban J connectivity index is 2.96. The topological polar surface area (TPSA) is 26.0 Å². The molecular weight excluding hydrogens is 241 g/mol. The van der Waals surface area contributed by atoms with Crippen LogP contribution in [-0.4, -0.2) is 5.75 Å². The molecule has 0 aliphatic carbocycles. The highest BCUT2D eigenvalue weighted by molar-refractivity contribution is 9.10. The molecule has 12 heavy (non-hydrogen) atoms. The molecule has 4 heteroatoms. The van der Waals surface area contributed by atoms with Crippen molar-refractivity contribution in [3.8, 4) is 0 Å². The van der Waals surface area contributed by atoms with Crippen molar-refractivity contribution < 1.29 is 4.39 Å². The zero-order chi connectivity index (χ0) is 9.14. The second kappa shape index (κ2) is 4.25. The van der Waals surface area contributed by atoms with E-state index in [9.17, 15) is 4.39 Å². The first kappa shape index (κ1) is 10.0. The van der Waals surface area contributed by atoms with Crippen LogP contribution in [0.2, 0.25) is 0 Å². The molecule has 1 atom stereocenters. The fourth-order valence-electron chi connectivity index (χ4n) is 0.848. The van der Waals surface area contributed by atoms with Crippen LogP contribution in [0, 0.1) is 5.82 Å². The molecule has 0 amide bonds. The van der Waals surface area contributed by atoms with Gasteiger partial charge in [-0.15, -0.1) is 0 Å². The maximum atomic E-state index is 12.8. The summed E-state index contributed by atoms with van der Waals surface area (Å²) in [5.41, 5.74) is 6.58. The molecule has 0 bridgehead atoms. The number of thiol groups is 1. The summed E-state index contributed by atoms with van der Waals surface area (Å²) >= 11 is 7.14. The van der Waals surface area contributed by atoms with Crippen LogP contribution in [0.5, 0.6) is 0 Å². The van der Waals surface area contributed by atoms with E-state index in [1.54, 1.807) is 12.1 Å². The fourth-order valence-corrected chi connectivity index (χ4v) is 1.46. The third kappa shape index (κ3) is 2.21. The van der Waals surface area contributed by atoms with E-state index in [0.717, 1.165) is 5.56 Å². The van der Waals surface area contributed by atoms with Crippen LogP contribution < -0.4 is 5.73 Å². The van der Waals surface area contributed by atoms with Crippen molar-refractivity contribution in [3.05, 3.63) is 34.1 Å². The van der Waals surface area contributed by atoms with Crippen LogP contribution in [0.25, 0.3) is 0 Å². The lowest BCUT2D eigenvalue weighted by molar-refractivity contribution is 0.619. The quantitative estimate of drug-likeness (QED) is 0.775. The highest BCUT2D eigenvalue weighted by Gasteiger charge is 2.05. The van der Waals surface area contributed by atoms with Crippen LogP contribution in [0.1, 0.15) is 11.6 Å². The van der Waals surface area contributed by atoms with E-state index in [1.165, 1.54) is 6.07 Å². The number of halogens is 2. The SMILES string of the molecule is NC(CS)c1ccc(F)c(Br)c1. The van der Waals surface area contributed by atoms with Gasteiger partial charge in [-0.3, -0.25) is 0 Å². The largest absolute Gasteiger partial charge is 0.323 e. The Kier molecular flexibility index (Phi) is 3.55. The normalized spacial score (nSPS) is 13.0. The summed E-state index contributed by atoms with van der Waals surface area (Å²) in [4.78, 5) is 0. The Morgan fingerprint density at radius 2 is 2.25 bits per heavy atom. The molecule has 1 nitrogen and oxygen atoms in total. The Labute approximate surface area is 84.7 Å². The lowest BCUT2D eigenvalue weighted by Crippen LogP contribution is -2.11. The molecular formula is C8H9BrFNS. The maximum absolute atomic E-state index is 12.8. The molecule has 0 saturated carbocycles. The third-order valence-corrected chi connectivity index (χ3v) is 2.57. The van der Waals surface area contributed by atoms with Gasteiger partial charge in [0.05, 0.1) is 4.47 Å². The smallest absolute Gasteiger partial charge is 0.137 e. The fraction of sp³-hybridized carbons (Fsp3) is 0.250. The van der Waals surface area contributed by atoms with Crippen molar-refractivity contribution in [2.24, 2.45) is 5.73 Å². The van der Waals surface area contributed by atoms with Crippen molar-refractivity contribution in [3.63, 3.8) is 0 Å². The lowest BCUT2D eigenvalue weighted by atomic mass is 10.1. The Hall–Kier alpha value is -0.0600. The van der Waals surface area contributed by atoms with E-state index in [4.69, 9.17) is 5.73 Å². The molecule has 1 aromatic rings. The van der Waals surface area contributed by atoms with E-state index in [1.807, 2.05) is 0 Å². The van der Waals surface area contributed by atoms with Crippen LogP contribution >= 0.6 is 28.6 Å². The van der Waals surface area contributed by atoms with Crippen LogP contribution in [-0.2, 0) is 0 Å². The average Bonchev–Trinajstić information content (AvgIpc) is 2.08. The summed E-state index contributed by atoms with van der Waals surface area (Å²) in [6, 6.07) is 4.60. The summed E-state index contributed by atoms with van der Waals surface area (Å²) in [6.45, 7) is 0. The molecule has 0 fully saturated rings. The molecule has 0 saturated heterocycles. The van der Waals surface area contributed by atoms with Gasteiger partial charge in [0.15, 0.2) is 0 Å². The number of rotatable bonds is 2. The van der Waals surface area contributed by atoms with E-state index in [2.05, 4.69) is 28.6 Å². The number of hydrogen-bond acceptors (Lipinski definition) is 2. The first-order valence-corrected chi connectivity index (χ1v) is 4.89. The Bertz CT molecular complexity index is 280. The molecule has 1 unspecified atom stereocenters. The molecule has 1 rings (SSSR count). The van der Waals surface area contributed by atoms with Crippen molar-refractivity contribution in [2.45, 2.75) is 6.04 Å². The van der Waals surface area contributed by atoms with Crippen molar-refractivity contribution in [2.75, 3.05) is 5.75 Å². The van der Waals surface area contributed by atoms with E-state index in [0.29, 0.717) is 10.2 Å². The summed E-state index contributed by atoms with van der Waals surface area (Å²) < 4.78 is 13.2. The van der Waals surface area contributed by atoms with Crippen LogP contribution in [0.15, 0.2) is 22.7 Å². The van der Waals surface area contributed by atoms with Gasteiger partial charge in [0.1, 0.15) is 5.82 Å². The van der Waals surface area contributed by atoms with Gasteiger partial charge in [-0.2, -0.15) is 12.6 Å². The van der Waals surface area contributed by atoms with Gasteiger partial charge < -0.3 is 5.73 Å². The predicted octanol–water partition coefficient (Wildman–Crippen LogP) is 2.52. The van der Waals surface area contributed by atoms with Gasteiger partial charge in [0.25, 0.3) is 0 Å². The summed E-state index contributed by atoms with van der Waals surface area (Å²) in [6.07, 6.45) is 0. The zero-order valence-corrected chi connectivity index (χ0v) is 8.78. The van der Waals surface area contributed by atoms with Crippen molar-refractivity contribution >= 4 is 28.6 Å². The predicted molar refractivity (Wildman–Crippen MR) is 54.9 cm³/mol. The van der Waals surface area contributed by atoms with E-state index in [-0.39, 0.29) is 11.9 Å². The van der Waals surface area contributed by atoms with Gasteiger partial charge >= 0.3 is 0 Å². The lowest BCUT2D eigenvalue weighted by Gasteiger charge is -2.08. The molecule has 0 spiro atoms. The minimum Gasteiger partial charge on any atom is -0.323 e. The van der Waals surface area contributed by atoms with Gasteiger partial charge in [-0.05, 0) is 33.6 Å². The molecule has 1 aromatic carbocycles. The summed E-state index contributed by atoms with van der Waals surface area (Å²) in [5.74, 6) is 0.281. The molecule has 0 heterocycles. The van der Waals surface area contributed by atoms with Gasteiger partial charge in [0, 0.05) is 11.8 Å². The van der Waals surface area contributed by atoms with E-state index < -0.39 is 0 Å². The standard InChI is InChI=1S/C8H9BrFNS/c9-6-3-5(8(11)4-12)1-2-7(6)10/h1-3,8,12H,4,11H2. The Morgan fingerprint density at radius 1 is 1.58 bits per heavy atom. The van der Waals surface area contributed by atoms with Crippen molar-refractivity contribution in [1.29, 1.82) is 0 Å². The third-order valence-electron chi connectivity index (χ3n) is 1.57. The first-order valence-electron chi connectivity index (χ1n) is 3.46. The first-order chi connectivity index (χ1) is 5.65. The van der Waals surface area contributed by atoms with Gasteiger partial charge in [0.2, 0.25) is 0 Å². The van der Waals surface area contributed by atoms with Crippen molar-refractivity contribution in [1.82, 2.24) is 0 Å². The highest BCUT2D eigenvalue weighted by Crippen LogP contribution is 2.20. The summed E-state index contributed by atoms with van der Waals surface area (Å²) in [5, 5.41) is 0. The van der Waals surface area contributed by atoms with Crippen LogP contribution in [0.3, 0.4) is 0 Å². The van der Waals surface area contributed by atoms with E-state index >= 15 is 0 Å². The van der Waals surface area contributed by atoms with Gasteiger partial charge in [-0.1, -0.05) is 6.07 Å². The average molecular weight is 250 g/mol. The minimum absolute atomic E-state index is 0.134. The number of benzene rings is 1. The Morgan fingerprint density at radius 3 is 2.75 bits per heavy atom. The van der Waals surface area contributed by atoms with Crippen LogP contribution in [0.4, 0.5) is 4.39 Å². The molecule has 0 aliphatic heterocycles. The molecule has 0 aromatic heterocycles. The second-order valence-electron chi connectivity index (χ2n) is 2.46. The monoisotopic (exact) mass is 249 g/mol.